The summed E-state index contributed by atoms with van der Waals surface area (Å²) in [5.41, 5.74) is -0.695. The lowest BCUT2D eigenvalue weighted by Gasteiger charge is -2.06. The van der Waals surface area contributed by atoms with Gasteiger partial charge in [0.2, 0.25) is 10.9 Å². The fraction of sp³-hybridized carbons (Fsp3) is 0.692. The van der Waals surface area contributed by atoms with Gasteiger partial charge >= 0.3 is 11.9 Å². The Morgan fingerprint density at radius 2 is 0.617 bits per heavy atom. The van der Waals surface area contributed by atoms with E-state index in [-0.39, 0.29) is 34.3 Å². The quantitative estimate of drug-likeness (QED) is 0.0484. The van der Waals surface area contributed by atoms with E-state index in [0.29, 0.717) is 37.6 Å². The minimum Gasteiger partial charge on any atom is -0.494 e. The van der Waals surface area contributed by atoms with Crippen molar-refractivity contribution in [1.29, 1.82) is 0 Å². The molecule has 8 nitrogen and oxygen atoms in total. The van der Waals surface area contributed by atoms with Crippen LogP contribution in [0.2, 0.25) is 0 Å². The summed E-state index contributed by atoms with van der Waals surface area (Å²) in [5, 5.41) is 0. The van der Waals surface area contributed by atoms with Crippen molar-refractivity contribution >= 4 is 11.9 Å². The van der Waals surface area contributed by atoms with Crippen molar-refractivity contribution in [2.24, 2.45) is 0 Å². The summed E-state index contributed by atoms with van der Waals surface area (Å²) >= 11 is 0. The summed E-state index contributed by atoms with van der Waals surface area (Å²) in [5.74, 6) is 0.415. The molecule has 0 radical (unpaired) electrons. The first-order valence-electron chi connectivity index (χ1n) is 24.4. The van der Waals surface area contributed by atoms with E-state index >= 15 is 0 Å². The smallest absolute Gasteiger partial charge is 0.311 e. The molecule has 0 N–H and O–H groups in total. The van der Waals surface area contributed by atoms with Crippen molar-refractivity contribution in [3.8, 4) is 23.0 Å². The molecular formula is C52H82O8. The third-order valence-corrected chi connectivity index (χ3v) is 11.1. The SMILES string of the molecule is CCCCCCCCCCCCCCCC(=O)Oc1ccc(OCCCCCCOc2ccc(OC(=O)CCCCCCCCCCCCCCC)c(=O)cc2)ccc1=O. The second-order valence-electron chi connectivity index (χ2n) is 16.6. The maximum Gasteiger partial charge on any atom is 0.311 e. The maximum absolute atomic E-state index is 12.5. The lowest BCUT2D eigenvalue weighted by molar-refractivity contribution is -0.135. The Labute approximate surface area is 363 Å². The Hall–Kier alpha value is -3.68. The molecule has 0 fully saturated rings. The normalized spacial score (nSPS) is 11.0. The van der Waals surface area contributed by atoms with Crippen molar-refractivity contribution in [1.82, 2.24) is 0 Å². The highest BCUT2D eigenvalue weighted by Crippen LogP contribution is 2.18. The average molecular weight is 835 g/mol. The van der Waals surface area contributed by atoms with Gasteiger partial charge in [-0.2, -0.15) is 0 Å². The second kappa shape index (κ2) is 37.1. The molecule has 60 heavy (non-hydrogen) atoms. The number of carbonyl (C=O) groups is 2. The highest BCUT2D eigenvalue weighted by molar-refractivity contribution is 5.72. The van der Waals surface area contributed by atoms with Gasteiger partial charge in [0.15, 0.2) is 11.5 Å². The monoisotopic (exact) mass is 835 g/mol. The summed E-state index contributed by atoms with van der Waals surface area (Å²) in [7, 11) is 0. The summed E-state index contributed by atoms with van der Waals surface area (Å²) in [6.45, 7) is 5.50. The molecule has 0 aromatic heterocycles. The van der Waals surface area contributed by atoms with E-state index < -0.39 is 0 Å². The summed E-state index contributed by atoms with van der Waals surface area (Å²) in [4.78, 5) is 49.8. The molecule has 338 valence electrons. The Balaban J connectivity index is 1.51. The molecule has 0 aliphatic heterocycles. The minimum atomic E-state index is -0.370. The van der Waals surface area contributed by atoms with Gasteiger partial charge in [0, 0.05) is 12.8 Å². The first kappa shape index (κ1) is 52.5. The van der Waals surface area contributed by atoms with Gasteiger partial charge < -0.3 is 18.9 Å². The van der Waals surface area contributed by atoms with E-state index in [0.717, 1.165) is 64.2 Å². The molecule has 2 rings (SSSR count). The molecule has 0 heterocycles. The maximum atomic E-state index is 12.5. The van der Waals surface area contributed by atoms with Gasteiger partial charge in [0.25, 0.3) is 0 Å². The standard InChI is InChI=1S/C52H82O8/c1-3-5-7-9-11-13-15-17-19-21-23-25-29-33-51(55)59-49-41-37-45(35-39-47(49)53)57-43-31-27-28-32-44-58-46-36-40-48(54)50(42-38-46)60-52(56)34-30-26-24-22-20-18-16-14-12-10-8-6-4-2/h35-42H,3-34,43-44H2,1-2H3. The second-order valence-corrected chi connectivity index (χ2v) is 16.6. The van der Waals surface area contributed by atoms with Crippen molar-refractivity contribution < 1.29 is 28.5 Å². The van der Waals surface area contributed by atoms with Gasteiger partial charge in [-0.1, -0.05) is 168 Å². The van der Waals surface area contributed by atoms with Crippen LogP contribution in [-0.4, -0.2) is 25.2 Å². The van der Waals surface area contributed by atoms with Gasteiger partial charge in [-0.3, -0.25) is 19.2 Å². The summed E-state index contributed by atoms with van der Waals surface area (Å²) < 4.78 is 22.5. The first-order valence-corrected chi connectivity index (χ1v) is 24.4. The van der Waals surface area contributed by atoms with Crippen molar-refractivity contribution in [2.75, 3.05) is 13.2 Å². The number of rotatable bonds is 39. The number of carbonyl (C=O) groups excluding carboxylic acids is 2. The molecule has 0 saturated heterocycles. The fourth-order valence-corrected chi connectivity index (χ4v) is 7.29. The molecule has 0 aliphatic rings. The van der Waals surface area contributed by atoms with Crippen LogP contribution in [0.5, 0.6) is 23.0 Å². The largest absolute Gasteiger partial charge is 0.494 e. The Bertz CT molecular complexity index is 1400. The predicted octanol–water partition coefficient (Wildman–Crippen LogP) is 14.2. The number of unbranched alkanes of at least 4 members (excludes halogenated alkanes) is 27. The van der Waals surface area contributed by atoms with Crippen LogP contribution in [0.3, 0.4) is 0 Å². The zero-order valence-corrected chi connectivity index (χ0v) is 37.9. The molecule has 2 aromatic rings. The minimum absolute atomic E-state index is 0.0282. The molecule has 0 spiro atoms. The first-order chi connectivity index (χ1) is 29.4. The Kier molecular flexibility index (Phi) is 32.4. The van der Waals surface area contributed by atoms with Gasteiger partial charge in [0.1, 0.15) is 11.5 Å². The van der Waals surface area contributed by atoms with E-state index in [2.05, 4.69) is 13.8 Å². The third kappa shape index (κ3) is 28.7. The fourth-order valence-electron chi connectivity index (χ4n) is 7.29. The van der Waals surface area contributed by atoms with E-state index in [1.54, 1.807) is 24.3 Å². The van der Waals surface area contributed by atoms with Gasteiger partial charge in [-0.05, 0) is 87.1 Å². The molecule has 0 amide bonds. The number of hydrogen-bond donors (Lipinski definition) is 0. The number of esters is 2. The van der Waals surface area contributed by atoms with Crippen LogP contribution in [-0.2, 0) is 9.59 Å². The highest BCUT2D eigenvalue weighted by atomic mass is 16.5. The zero-order chi connectivity index (χ0) is 43.1. The average Bonchev–Trinajstić information content (AvgIpc) is 3.53. The van der Waals surface area contributed by atoms with Crippen LogP contribution in [0.1, 0.15) is 219 Å². The summed E-state index contributed by atoms with van der Waals surface area (Å²) in [6.07, 6.45) is 36.5. The van der Waals surface area contributed by atoms with Crippen LogP contribution < -0.4 is 29.8 Å². The third-order valence-electron chi connectivity index (χ3n) is 11.1. The van der Waals surface area contributed by atoms with Crippen molar-refractivity contribution in [2.45, 2.75) is 219 Å². The van der Waals surface area contributed by atoms with Crippen molar-refractivity contribution in [3.63, 3.8) is 0 Å². The van der Waals surface area contributed by atoms with E-state index in [9.17, 15) is 19.2 Å². The topological polar surface area (TPSA) is 105 Å². The lowest BCUT2D eigenvalue weighted by Crippen LogP contribution is -2.12. The zero-order valence-electron chi connectivity index (χ0n) is 37.9. The molecule has 8 heteroatoms. The molecule has 2 aromatic carbocycles. The van der Waals surface area contributed by atoms with E-state index in [4.69, 9.17) is 18.9 Å². The molecule has 0 saturated carbocycles. The Morgan fingerprint density at radius 1 is 0.350 bits per heavy atom. The van der Waals surface area contributed by atoms with Gasteiger partial charge in [0.05, 0.1) is 13.2 Å². The Morgan fingerprint density at radius 3 is 0.933 bits per heavy atom. The van der Waals surface area contributed by atoms with Crippen LogP contribution >= 0.6 is 0 Å². The van der Waals surface area contributed by atoms with Crippen LogP contribution in [0.15, 0.2) is 58.1 Å². The molecular weight excluding hydrogens is 753 g/mol. The molecule has 0 aliphatic carbocycles. The number of hydrogen-bond acceptors (Lipinski definition) is 8. The van der Waals surface area contributed by atoms with Crippen LogP contribution in [0, 0.1) is 0 Å². The van der Waals surface area contributed by atoms with Gasteiger partial charge in [-0.25, -0.2) is 0 Å². The van der Waals surface area contributed by atoms with E-state index in [1.807, 2.05) is 0 Å². The molecule has 0 atom stereocenters. The predicted molar refractivity (Wildman–Crippen MR) is 247 cm³/mol. The lowest BCUT2D eigenvalue weighted by atomic mass is 10.0. The number of ether oxygens (including phenoxy) is 4. The van der Waals surface area contributed by atoms with Crippen LogP contribution in [0.4, 0.5) is 0 Å². The van der Waals surface area contributed by atoms with Gasteiger partial charge in [-0.15, -0.1) is 0 Å². The summed E-state index contributed by atoms with van der Waals surface area (Å²) in [6, 6.07) is 12.4. The van der Waals surface area contributed by atoms with Crippen LogP contribution in [0.25, 0.3) is 0 Å². The molecule has 0 bridgehead atoms. The van der Waals surface area contributed by atoms with E-state index in [1.165, 1.54) is 153 Å². The highest BCUT2D eigenvalue weighted by Gasteiger charge is 2.09. The molecule has 0 unspecified atom stereocenters. The van der Waals surface area contributed by atoms with Crippen molar-refractivity contribution in [3.05, 3.63) is 69.0 Å².